The van der Waals surface area contributed by atoms with Crippen LogP contribution < -0.4 is 5.32 Å². The minimum atomic E-state index is -0.324. The number of halogens is 1. The highest BCUT2D eigenvalue weighted by molar-refractivity contribution is 5.83. The Bertz CT molecular complexity index is 842. The zero-order valence-electron chi connectivity index (χ0n) is 12.5. The quantitative estimate of drug-likeness (QED) is 0.761. The zero-order valence-corrected chi connectivity index (χ0v) is 12.5. The van der Waals surface area contributed by atoms with Crippen LogP contribution in [-0.4, -0.2) is 15.6 Å². The molecule has 0 spiro atoms. The van der Waals surface area contributed by atoms with Gasteiger partial charge in [-0.1, -0.05) is 24.3 Å². The third kappa shape index (κ3) is 3.40. The van der Waals surface area contributed by atoms with Crippen LogP contribution >= 0.6 is 0 Å². The number of hydrogen-bond donors (Lipinski definition) is 2. The Labute approximate surface area is 133 Å². The van der Waals surface area contributed by atoms with Crippen LogP contribution in [0, 0.1) is 5.82 Å². The summed E-state index contributed by atoms with van der Waals surface area (Å²) in [5, 5.41) is 13.0. The van der Waals surface area contributed by atoms with Crippen molar-refractivity contribution in [2.75, 3.05) is 0 Å². The van der Waals surface area contributed by atoms with Gasteiger partial charge in [0.25, 0.3) is 0 Å². The van der Waals surface area contributed by atoms with Crippen LogP contribution in [0.2, 0.25) is 0 Å². The number of hydrogen-bond acceptors (Lipinski definition) is 2. The first-order valence-electron chi connectivity index (χ1n) is 7.36. The van der Waals surface area contributed by atoms with Gasteiger partial charge >= 0.3 is 0 Å². The van der Waals surface area contributed by atoms with Crippen LogP contribution in [-0.2, 0) is 24.5 Å². The van der Waals surface area contributed by atoms with Gasteiger partial charge in [0, 0.05) is 12.7 Å². The van der Waals surface area contributed by atoms with E-state index in [1.807, 2.05) is 30.3 Å². The largest absolute Gasteiger partial charge is 0.392 e. The van der Waals surface area contributed by atoms with Crippen LogP contribution in [0.3, 0.4) is 0 Å². The van der Waals surface area contributed by atoms with E-state index in [-0.39, 0.29) is 24.9 Å². The fourth-order valence-corrected chi connectivity index (χ4v) is 2.58. The molecule has 2 N–H and O–H groups in total. The molecule has 118 valence electrons. The highest BCUT2D eigenvalue weighted by Gasteiger charge is 2.08. The standard InChI is InChI=1S/C18H17FN2O2/c19-16-6-5-13-7-8-21(17(13)9-16)11-18(23)20-10-14-3-1-2-4-15(14)12-22/h1-9,22H,10-12H2,(H,20,23). The third-order valence-corrected chi connectivity index (χ3v) is 3.81. The number of carbonyl (C=O) groups excluding carboxylic acids is 1. The first kappa shape index (κ1) is 15.2. The number of amides is 1. The first-order valence-corrected chi connectivity index (χ1v) is 7.36. The van der Waals surface area contributed by atoms with Gasteiger partial charge in [-0.05, 0) is 40.8 Å². The van der Waals surface area contributed by atoms with Gasteiger partial charge in [0.1, 0.15) is 12.4 Å². The van der Waals surface area contributed by atoms with Crippen molar-refractivity contribution in [3.05, 3.63) is 71.7 Å². The molecule has 3 aromatic rings. The van der Waals surface area contributed by atoms with E-state index < -0.39 is 0 Å². The molecular weight excluding hydrogens is 295 g/mol. The van der Waals surface area contributed by atoms with E-state index in [4.69, 9.17) is 0 Å². The smallest absolute Gasteiger partial charge is 0.240 e. The summed E-state index contributed by atoms with van der Waals surface area (Å²) in [5.41, 5.74) is 2.36. The fraction of sp³-hybridized carbons (Fsp3) is 0.167. The average molecular weight is 312 g/mol. The summed E-state index contributed by atoms with van der Waals surface area (Å²) in [6.45, 7) is 0.408. The Morgan fingerprint density at radius 3 is 2.70 bits per heavy atom. The summed E-state index contributed by atoms with van der Waals surface area (Å²) in [6, 6.07) is 13.8. The van der Waals surface area contributed by atoms with Crippen LogP contribution in [0.25, 0.3) is 10.9 Å². The van der Waals surface area contributed by atoms with Gasteiger partial charge in [-0.3, -0.25) is 4.79 Å². The lowest BCUT2D eigenvalue weighted by Crippen LogP contribution is -2.27. The molecule has 0 aliphatic carbocycles. The summed E-state index contributed by atoms with van der Waals surface area (Å²) in [6.07, 6.45) is 1.77. The third-order valence-electron chi connectivity index (χ3n) is 3.81. The van der Waals surface area contributed by atoms with Crippen LogP contribution in [0.4, 0.5) is 4.39 Å². The maximum atomic E-state index is 13.3. The molecule has 1 amide bonds. The van der Waals surface area contributed by atoms with E-state index in [0.29, 0.717) is 12.1 Å². The summed E-state index contributed by atoms with van der Waals surface area (Å²) in [7, 11) is 0. The van der Waals surface area contributed by atoms with Crippen LogP contribution in [0.15, 0.2) is 54.7 Å². The molecule has 0 unspecified atom stereocenters. The van der Waals surface area contributed by atoms with Crippen molar-refractivity contribution in [1.82, 2.24) is 9.88 Å². The number of aromatic nitrogens is 1. The second-order valence-corrected chi connectivity index (χ2v) is 5.35. The lowest BCUT2D eigenvalue weighted by Gasteiger charge is -2.10. The average Bonchev–Trinajstić information content (AvgIpc) is 2.95. The summed E-state index contributed by atoms with van der Waals surface area (Å²) < 4.78 is 15.1. The normalized spacial score (nSPS) is 10.9. The van der Waals surface area contributed by atoms with Gasteiger partial charge in [-0.25, -0.2) is 4.39 Å². The van der Waals surface area contributed by atoms with E-state index in [2.05, 4.69) is 5.32 Å². The van der Waals surface area contributed by atoms with E-state index in [1.165, 1.54) is 12.1 Å². The predicted molar refractivity (Wildman–Crippen MR) is 86.1 cm³/mol. The maximum absolute atomic E-state index is 13.3. The molecule has 0 saturated heterocycles. The van der Waals surface area contributed by atoms with E-state index in [1.54, 1.807) is 16.8 Å². The fourth-order valence-electron chi connectivity index (χ4n) is 2.58. The number of nitrogens with one attached hydrogen (secondary N) is 1. The molecule has 1 heterocycles. The molecule has 0 aliphatic heterocycles. The SMILES string of the molecule is O=C(Cn1ccc2ccc(F)cc21)NCc1ccccc1CO. The lowest BCUT2D eigenvalue weighted by molar-refractivity contribution is -0.121. The van der Waals surface area contributed by atoms with Gasteiger partial charge in [-0.2, -0.15) is 0 Å². The van der Waals surface area contributed by atoms with Crippen molar-refractivity contribution in [1.29, 1.82) is 0 Å². The molecule has 0 atom stereocenters. The molecule has 23 heavy (non-hydrogen) atoms. The first-order chi connectivity index (χ1) is 11.2. The summed E-state index contributed by atoms with van der Waals surface area (Å²) >= 11 is 0. The Morgan fingerprint density at radius 2 is 1.91 bits per heavy atom. The highest BCUT2D eigenvalue weighted by atomic mass is 19.1. The zero-order chi connectivity index (χ0) is 16.2. The predicted octanol–water partition coefficient (Wildman–Crippen LogP) is 2.59. The maximum Gasteiger partial charge on any atom is 0.240 e. The second-order valence-electron chi connectivity index (χ2n) is 5.35. The summed E-state index contributed by atoms with van der Waals surface area (Å²) in [4.78, 5) is 12.1. The van der Waals surface area contributed by atoms with Gasteiger partial charge < -0.3 is 15.0 Å². The minimum Gasteiger partial charge on any atom is -0.392 e. The topological polar surface area (TPSA) is 54.3 Å². The Balaban J connectivity index is 1.68. The molecule has 0 bridgehead atoms. The molecule has 0 aliphatic rings. The van der Waals surface area contributed by atoms with Gasteiger partial charge in [-0.15, -0.1) is 0 Å². The van der Waals surface area contributed by atoms with E-state index in [0.717, 1.165) is 16.5 Å². The van der Waals surface area contributed by atoms with Gasteiger partial charge in [0.15, 0.2) is 0 Å². The summed E-state index contributed by atoms with van der Waals surface area (Å²) in [5.74, 6) is -0.491. The number of benzene rings is 2. The number of aliphatic hydroxyl groups is 1. The number of carbonyl (C=O) groups is 1. The van der Waals surface area contributed by atoms with Crippen molar-refractivity contribution < 1.29 is 14.3 Å². The monoisotopic (exact) mass is 312 g/mol. The minimum absolute atomic E-state index is 0.0619. The number of fused-ring (bicyclic) bond motifs is 1. The number of nitrogens with zero attached hydrogens (tertiary/aromatic N) is 1. The van der Waals surface area contributed by atoms with Crippen molar-refractivity contribution in [3.63, 3.8) is 0 Å². The molecule has 0 saturated carbocycles. The van der Waals surface area contributed by atoms with Gasteiger partial charge in [0.2, 0.25) is 5.91 Å². The van der Waals surface area contributed by atoms with Crippen LogP contribution in [0.5, 0.6) is 0 Å². The molecule has 0 fully saturated rings. The van der Waals surface area contributed by atoms with Gasteiger partial charge in [0.05, 0.1) is 12.1 Å². The number of aliphatic hydroxyl groups excluding tert-OH is 1. The molecule has 5 heteroatoms. The second kappa shape index (κ2) is 6.62. The molecule has 3 rings (SSSR count). The van der Waals surface area contributed by atoms with Crippen LogP contribution in [0.1, 0.15) is 11.1 Å². The van der Waals surface area contributed by atoms with Crippen molar-refractivity contribution in [2.24, 2.45) is 0 Å². The van der Waals surface area contributed by atoms with E-state index >= 15 is 0 Å². The molecule has 4 nitrogen and oxygen atoms in total. The molecular formula is C18H17FN2O2. The van der Waals surface area contributed by atoms with Crippen molar-refractivity contribution >= 4 is 16.8 Å². The van der Waals surface area contributed by atoms with Crippen molar-refractivity contribution in [3.8, 4) is 0 Å². The Kier molecular flexibility index (Phi) is 4.39. The van der Waals surface area contributed by atoms with E-state index in [9.17, 15) is 14.3 Å². The molecule has 0 radical (unpaired) electrons. The van der Waals surface area contributed by atoms with Crippen molar-refractivity contribution in [2.45, 2.75) is 19.7 Å². The highest BCUT2D eigenvalue weighted by Crippen LogP contribution is 2.17. The lowest BCUT2D eigenvalue weighted by atomic mass is 10.1. The molecule has 2 aromatic carbocycles. The molecule has 1 aromatic heterocycles. The Morgan fingerprint density at radius 1 is 1.13 bits per heavy atom. The number of rotatable bonds is 5. The Hall–Kier alpha value is -2.66.